The Morgan fingerprint density at radius 3 is 2.59 bits per heavy atom. The van der Waals surface area contributed by atoms with Crippen LogP contribution in [0.2, 0.25) is 5.02 Å². The Kier molecular flexibility index (Phi) is 7.86. The minimum atomic E-state index is -0.214. The van der Waals surface area contributed by atoms with E-state index in [9.17, 15) is 4.79 Å². The summed E-state index contributed by atoms with van der Waals surface area (Å²) in [5, 5.41) is 5.42. The normalized spacial score (nSPS) is 11.4. The largest absolute Gasteiger partial charge is 0.486 e. The molecule has 0 saturated heterocycles. The molecular weight excluding hydrogens is 582 g/mol. The zero-order valence-electron chi connectivity index (χ0n) is 18.7. The zero-order valence-corrected chi connectivity index (χ0v) is 22.6. The average Bonchev–Trinajstić information content (AvgIpc) is 2.80. The smallest absolute Gasteiger partial charge is 0.282 e. The van der Waals surface area contributed by atoms with E-state index in [0.717, 1.165) is 22.0 Å². The van der Waals surface area contributed by atoms with Crippen molar-refractivity contribution in [3.63, 3.8) is 0 Å². The zero-order chi connectivity index (χ0) is 24.2. The molecule has 5 nitrogen and oxygen atoms in total. The molecule has 0 amide bonds. The molecule has 0 spiro atoms. The van der Waals surface area contributed by atoms with Gasteiger partial charge in [-0.05, 0) is 70.7 Å². The Labute approximate surface area is 219 Å². The molecule has 4 aromatic rings. The van der Waals surface area contributed by atoms with E-state index < -0.39 is 0 Å². The van der Waals surface area contributed by atoms with Crippen molar-refractivity contribution < 1.29 is 4.74 Å². The number of hydrogen-bond donors (Lipinski definition) is 0. The van der Waals surface area contributed by atoms with E-state index in [0.29, 0.717) is 45.0 Å². The van der Waals surface area contributed by atoms with Gasteiger partial charge in [-0.3, -0.25) is 4.79 Å². The van der Waals surface area contributed by atoms with Crippen LogP contribution in [0.15, 0.2) is 73.4 Å². The van der Waals surface area contributed by atoms with Crippen molar-refractivity contribution in [3.05, 3.63) is 101 Å². The van der Waals surface area contributed by atoms with E-state index in [1.807, 2.05) is 56.3 Å². The van der Waals surface area contributed by atoms with Crippen molar-refractivity contribution in [2.45, 2.75) is 33.3 Å². The van der Waals surface area contributed by atoms with Crippen LogP contribution in [0.5, 0.6) is 5.75 Å². The summed E-state index contributed by atoms with van der Waals surface area (Å²) in [6.45, 7) is 4.49. The number of aryl methyl sites for hydroxylation is 2. The maximum atomic E-state index is 13.2. The summed E-state index contributed by atoms with van der Waals surface area (Å²) in [5.74, 6) is 1.17. The predicted molar refractivity (Wildman–Crippen MR) is 145 cm³/mol. The molecule has 0 aliphatic carbocycles. The molecule has 1 aromatic heterocycles. The van der Waals surface area contributed by atoms with E-state index in [1.54, 1.807) is 18.3 Å². The number of halogens is 3. The molecule has 0 atom stereocenters. The van der Waals surface area contributed by atoms with E-state index in [2.05, 4.69) is 41.9 Å². The third-order valence-electron chi connectivity index (χ3n) is 5.20. The minimum Gasteiger partial charge on any atom is -0.486 e. The number of aromatic nitrogens is 2. The van der Waals surface area contributed by atoms with Crippen molar-refractivity contribution in [1.29, 1.82) is 0 Å². The summed E-state index contributed by atoms with van der Waals surface area (Å²) in [7, 11) is 0. The number of hydrogen-bond acceptors (Lipinski definition) is 4. The van der Waals surface area contributed by atoms with E-state index in [1.165, 1.54) is 10.2 Å². The van der Waals surface area contributed by atoms with Crippen LogP contribution in [0.25, 0.3) is 10.9 Å². The first-order valence-electron chi connectivity index (χ1n) is 10.8. The molecule has 0 N–H and O–H groups in total. The summed E-state index contributed by atoms with van der Waals surface area (Å²) in [4.78, 5) is 17.8. The van der Waals surface area contributed by atoms with Crippen molar-refractivity contribution >= 4 is 60.6 Å². The highest BCUT2D eigenvalue weighted by Gasteiger charge is 2.12. The monoisotopic (exact) mass is 601 g/mol. The lowest BCUT2D eigenvalue weighted by Crippen LogP contribution is -2.22. The van der Waals surface area contributed by atoms with E-state index >= 15 is 0 Å². The fraction of sp³-hybridized carbons (Fsp3) is 0.192. The third-order valence-corrected chi connectivity index (χ3v) is 6.56. The van der Waals surface area contributed by atoms with Gasteiger partial charge in [0.1, 0.15) is 12.4 Å². The maximum absolute atomic E-state index is 13.2. The fourth-order valence-electron chi connectivity index (χ4n) is 3.46. The van der Waals surface area contributed by atoms with Gasteiger partial charge in [0.15, 0.2) is 5.75 Å². The third kappa shape index (κ3) is 5.59. The van der Waals surface area contributed by atoms with Crippen LogP contribution in [-0.4, -0.2) is 15.9 Å². The lowest BCUT2D eigenvalue weighted by Gasteiger charge is -2.12. The van der Waals surface area contributed by atoms with E-state index in [-0.39, 0.29) is 5.56 Å². The molecule has 174 valence electrons. The Bertz CT molecular complexity index is 1410. The lowest BCUT2D eigenvalue weighted by molar-refractivity contribution is 0.304. The van der Waals surface area contributed by atoms with Gasteiger partial charge in [0.2, 0.25) is 0 Å². The topological polar surface area (TPSA) is 56.5 Å². The van der Waals surface area contributed by atoms with Gasteiger partial charge in [-0.1, -0.05) is 64.3 Å². The van der Waals surface area contributed by atoms with Crippen molar-refractivity contribution in [2.24, 2.45) is 5.10 Å². The van der Waals surface area contributed by atoms with Crippen LogP contribution in [0, 0.1) is 6.92 Å². The molecule has 1 heterocycles. The first-order valence-corrected chi connectivity index (χ1v) is 12.7. The Balaban J connectivity index is 1.63. The van der Waals surface area contributed by atoms with Gasteiger partial charge in [-0.15, -0.1) is 0 Å². The molecule has 0 aliphatic rings. The standard InChI is InChI=1S/C26H22Br2ClN3O2/c1-3-4-24-31-23-10-9-19(27)13-20(23)26(33)32(24)30-14-18-11-21(28)25(22(29)12-18)34-15-17-7-5-16(2)6-8-17/h5-14H,3-4,15H2,1-2H3. The quantitative estimate of drug-likeness (QED) is 0.208. The number of nitrogens with zero attached hydrogens (tertiary/aromatic N) is 3. The van der Waals surface area contributed by atoms with Gasteiger partial charge in [0.25, 0.3) is 5.56 Å². The van der Waals surface area contributed by atoms with Gasteiger partial charge in [-0.25, -0.2) is 4.98 Å². The molecule has 34 heavy (non-hydrogen) atoms. The number of fused-ring (bicyclic) bond motifs is 1. The highest BCUT2D eigenvalue weighted by Crippen LogP contribution is 2.34. The van der Waals surface area contributed by atoms with Gasteiger partial charge in [-0.2, -0.15) is 9.78 Å². The van der Waals surface area contributed by atoms with Gasteiger partial charge in [0, 0.05) is 10.9 Å². The van der Waals surface area contributed by atoms with Crippen LogP contribution < -0.4 is 10.3 Å². The summed E-state index contributed by atoms with van der Waals surface area (Å²) in [6.07, 6.45) is 3.08. The number of ether oxygens (including phenoxy) is 1. The minimum absolute atomic E-state index is 0.214. The Hall–Kier alpha value is -2.48. The van der Waals surface area contributed by atoms with Crippen LogP contribution in [-0.2, 0) is 13.0 Å². The van der Waals surface area contributed by atoms with E-state index in [4.69, 9.17) is 16.3 Å². The Morgan fingerprint density at radius 1 is 1.12 bits per heavy atom. The highest BCUT2D eigenvalue weighted by molar-refractivity contribution is 9.10. The van der Waals surface area contributed by atoms with Crippen molar-refractivity contribution in [3.8, 4) is 5.75 Å². The second kappa shape index (κ2) is 10.8. The van der Waals surface area contributed by atoms with Gasteiger partial charge in [0.05, 0.1) is 26.6 Å². The first kappa shape index (κ1) is 24.6. The predicted octanol–water partition coefficient (Wildman–Crippen LogP) is 7.30. The van der Waals surface area contributed by atoms with Crippen molar-refractivity contribution in [2.75, 3.05) is 0 Å². The molecular formula is C26H22Br2ClN3O2. The Morgan fingerprint density at radius 2 is 1.88 bits per heavy atom. The number of rotatable bonds is 7. The lowest BCUT2D eigenvalue weighted by atomic mass is 10.2. The van der Waals surface area contributed by atoms with Gasteiger partial charge >= 0.3 is 0 Å². The second-order valence-corrected chi connectivity index (χ2v) is 10.1. The SMILES string of the molecule is CCCc1nc2ccc(Br)cc2c(=O)n1N=Cc1cc(Cl)c(OCc2ccc(C)cc2)c(Br)c1. The van der Waals surface area contributed by atoms with Crippen LogP contribution in [0.3, 0.4) is 0 Å². The summed E-state index contributed by atoms with van der Waals surface area (Å²) < 4.78 is 8.83. The van der Waals surface area contributed by atoms with Crippen molar-refractivity contribution in [1.82, 2.24) is 9.66 Å². The van der Waals surface area contributed by atoms with Crippen LogP contribution in [0.4, 0.5) is 0 Å². The molecule has 0 radical (unpaired) electrons. The molecule has 0 saturated carbocycles. The van der Waals surface area contributed by atoms with Crippen LogP contribution >= 0.6 is 43.5 Å². The molecule has 8 heteroatoms. The average molecular weight is 604 g/mol. The maximum Gasteiger partial charge on any atom is 0.282 e. The summed E-state index contributed by atoms with van der Waals surface area (Å²) in [6, 6.07) is 17.2. The molecule has 4 rings (SSSR count). The fourth-order valence-corrected chi connectivity index (χ4v) is 4.81. The summed E-state index contributed by atoms with van der Waals surface area (Å²) in [5.41, 5.74) is 3.42. The molecule has 0 aliphatic heterocycles. The molecule has 3 aromatic carbocycles. The second-order valence-electron chi connectivity index (χ2n) is 7.89. The molecule has 0 fully saturated rings. The molecule has 0 unspecified atom stereocenters. The van der Waals surface area contributed by atoms with Crippen LogP contribution in [0.1, 0.15) is 35.9 Å². The first-order chi connectivity index (χ1) is 16.4. The number of benzene rings is 3. The van der Waals surface area contributed by atoms with Gasteiger partial charge < -0.3 is 4.74 Å². The highest BCUT2D eigenvalue weighted by atomic mass is 79.9. The molecule has 0 bridgehead atoms. The summed E-state index contributed by atoms with van der Waals surface area (Å²) >= 11 is 13.5.